The van der Waals surface area contributed by atoms with Crippen molar-refractivity contribution in [2.75, 3.05) is 0 Å². The van der Waals surface area contributed by atoms with Gasteiger partial charge in [-0.2, -0.15) is 0 Å². The van der Waals surface area contributed by atoms with E-state index in [2.05, 4.69) is 16.6 Å². The van der Waals surface area contributed by atoms with Gasteiger partial charge < -0.3 is 14.7 Å². The predicted molar refractivity (Wildman–Crippen MR) is 53.1 cm³/mol. The minimum Gasteiger partial charge on any atom is -0.550 e. The summed E-state index contributed by atoms with van der Waals surface area (Å²) in [4.78, 5) is 26.2. The molecular formula is C11H12KNO4. The topological polar surface area (TPSA) is 78.8 Å². The smallest absolute Gasteiger partial charge is 0.550 e. The average Bonchev–Trinajstić information content (AvgIpc) is 2.60. The molecule has 0 aromatic carbocycles. The van der Waals surface area contributed by atoms with Crippen LogP contribution in [0.25, 0.3) is 0 Å². The fourth-order valence-electron chi connectivity index (χ4n) is 2.23. The standard InChI is InChI=1S/C11H13NO4.K/c1-6-9(12-16-11(6)15)7-2-4-8(5-3-7)10(13)14;/h7-8H,1-5H2,(H,13,14);/q;+1/p-1. The van der Waals surface area contributed by atoms with E-state index in [9.17, 15) is 14.7 Å². The average molecular weight is 261 g/mol. The number of rotatable bonds is 2. The fraction of sp³-hybridized carbons (Fsp3) is 0.545. The summed E-state index contributed by atoms with van der Waals surface area (Å²) in [5.41, 5.74) is 0.888. The minimum atomic E-state index is -0.988. The first kappa shape index (κ1) is 15.0. The molecule has 0 atom stereocenters. The zero-order valence-corrected chi connectivity index (χ0v) is 12.9. The molecule has 1 saturated carbocycles. The molecule has 86 valence electrons. The number of carbonyl (C=O) groups is 2. The predicted octanol–water partition coefficient (Wildman–Crippen LogP) is -2.98. The Kier molecular flexibility index (Phi) is 5.52. The monoisotopic (exact) mass is 261 g/mol. The Morgan fingerprint density at radius 2 is 1.94 bits per heavy atom. The Hall–Kier alpha value is -0.0136. The van der Waals surface area contributed by atoms with Crippen LogP contribution in [0.2, 0.25) is 0 Å². The number of hydrogen-bond acceptors (Lipinski definition) is 5. The minimum absolute atomic E-state index is 0. The first-order valence-electron chi connectivity index (χ1n) is 5.29. The Morgan fingerprint density at radius 1 is 1.35 bits per heavy atom. The number of carbonyl (C=O) groups excluding carboxylic acids is 2. The van der Waals surface area contributed by atoms with Gasteiger partial charge in [0.05, 0.1) is 11.3 Å². The molecule has 0 spiro atoms. The number of carboxylic acid groups (broad SMARTS) is 1. The number of aliphatic carboxylic acids is 1. The summed E-state index contributed by atoms with van der Waals surface area (Å²) in [6, 6.07) is 0. The third-order valence-corrected chi connectivity index (χ3v) is 3.23. The van der Waals surface area contributed by atoms with Crippen LogP contribution in [0.4, 0.5) is 0 Å². The molecule has 2 rings (SSSR count). The second-order valence-corrected chi connectivity index (χ2v) is 4.20. The van der Waals surface area contributed by atoms with Gasteiger partial charge in [0.15, 0.2) is 0 Å². The molecule has 17 heavy (non-hydrogen) atoms. The van der Waals surface area contributed by atoms with Crippen molar-refractivity contribution < 1.29 is 70.9 Å². The van der Waals surface area contributed by atoms with Crippen molar-refractivity contribution in [2.45, 2.75) is 25.7 Å². The van der Waals surface area contributed by atoms with Gasteiger partial charge in [-0.1, -0.05) is 11.7 Å². The van der Waals surface area contributed by atoms with Crippen molar-refractivity contribution in [3.63, 3.8) is 0 Å². The second kappa shape index (κ2) is 6.24. The van der Waals surface area contributed by atoms with Gasteiger partial charge in [-0.3, -0.25) is 0 Å². The Balaban J connectivity index is 0.00000144. The van der Waals surface area contributed by atoms with Gasteiger partial charge in [0, 0.05) is 11.9 Å². The van der Waals surface area contributed by atoms with Crippen LogP contribution < -0.4 is 56.5 Å². The summed E-state index contributed by atoms with van der Waals surface area (Å²) in [6.45, 7) is 3.61. The molecule has 2 aliphatic rings. The van der Waals surface area contributed by atoms with E-state index in [1.54, 1.807) is 0 Å². The van der Waals surface area contributed by atoms with Gasteiger partial charge in [-0.15, -0.1) is 0 Å². The molecule has 0 bridgehead atoms. The number of nitrogens with zero attached hydrogens (tertiary/aromatic N) is 1. The molecule has 0 unspecified atom stereocenters. The van der Waals surface area contributed by atoms with Crippen LogP contribution in [0.1, 0.15) is 25.7 Å². The van der Waals surface area contributed by atoms with Crippen LogP contribution in [0.5, 0.6) is 0 Å². The fourth-order valence-corrected chi connectivity index (χ4v) is 2.23. The summed E-state index contributed by atoms with van der Waals surface area (Å²) in [7, 11) is 0. The van der Waals surface area contributed by atoms with Gasteiger partial charge in [0.2, 0.25) is 0 Å². The summed E-state index contributed by atoms with van der Waals surface area (Å²) >= 11 is 0. The van der Waals surface area contributed by atoms with Crippen molar-refractivity contribution in [3.05, 3.63) is 12.2 Å². The first-order chi connectivity index (χ1) is 7.59. The molecule has 1 aliphatic carbocycles. The largest absolute Gasteiger partial charge is 1.00 e. The van der Waals surface area contributed by atoms with Crippen molar-refractivity contribution >= 4 is 17.7 Å². The molecule has 1 heterocycles. The number of carboxylic acids is 1. The second-order valence-electron chi connectivity index (χ2n) is 4.20. The van der Waals surface area contributed by atoms with Gasteiger partial charge in [-0.05, 0) is 31.6 Å². The van der Waals surface area contributed by atoms with E-state index in [4.69, 9.17) is 0 Å². The summed E-state index contributed by atoms with van der Waals surface area (Å²) in [5.74, 6) is -1.77. The van der Waals surface area contributed by atoms with Crippen LogP contribution in [0.3, 0.4) is 0 Å². The van der Waals surface area contributed by atoms with Crippen molar-refractivity contribution in [3.8, 4) is 0 Å². The molecular weight excluding hydrogens is 249 g/mol. The summed E-state index contributed by atoms with van der Waals surface area (Å²) < 4.78 is 0. The van der Waals surface area contributed by atoms with E-state index in [1.165, 1.54) is 0 Å². The van der Waals surface area contributed by atoms with E-state index in [0.29, 0.717) is 37.0 Å². The van der Waals surface area contributed by atoms with Crippen LogP contribution in [-0.4, -0.2) is 17.7 Å². The molecule has 5 nitrogen and oxygen atoms in total. The van der Waals surface area contributed by atoms with Crippen molar-refractivity contribution in [1.82, 2.24) is 0 Å². The van der Waals surface area contributed by atoms with Gasteiger partial charge in [-0.25, -0.2) is 4.79 Å². The molecule has 1 fully saturated rings. The van der Waals surface area contributed by atoms with E-state index < -0.39 is 11.9 Å². The van der Waals surface area contributed by atoms with E-state index in [-0.39, 0.29) is 63.2 Å². The van der Waals surface area contributed by atoms with Crippen molar-refractivity contribution in [1.29, 1.82) is 0 Å². The Labute approximate surface area is 142 Å². The Morgan fingerprint density at radius 3 is 2.35 bits per heavy atom. The number of oxime groups is 1. The molecule has 0 N–H and O–H groups in total. The van der Waals surface area contributed by atoms with Crippen LogP contribution in [0.15, 0.2) is 17.3 Å². The molecule has 0 aromatic rings. The van der Waals surface area contributed by atoms with Crippen LogP contribution in [-0.2, 0) is 14.4 Å². The third-order valence-electron chi connectivity index (χ3n) is 3.23. The molecule has 0 saturated heterocycles. The third kappa shape index (κ3) is 3.26. The summed E-state index contributed by atoms with van der Waals surface area (Å²) in [5, 5.41) is 14.4. The first-order valence-corrected chi connectivity index (χ1v) is 5.29. The normalized spacial score (nSPS) is 28.1. The summed E-state index contributed by atoms with van der Waals surface area (Å²) in [6.07, 6.45) is 2.50. The molecule has 0 radical (unpaired) electrons. The maximum atomic E-state index is 11.1. The van der Waals surface area contributed by atoms with Crippen LogP contribution in [0, 0.1) is 11.8 Å². The Bertz CT molecular complexity index is 383. The zero-order chi connectivity index (χ0) is 11.7. The van der Waals surface area contributed by atoms with E-state index in [0.717, 1.165) is 0 Å². The van der Waals surface area contributed by atoms with Crippen LogP contribution >= 0.6 is 0 Å². The van der Waals surface area contributed by atoms with Gasteiger partial charge >= 0.3 is 57.4 Å². The molecule has 6 heteroatoms. The maximum Gasteiger partial charge on any atom is 1.00 e. The van der Waals surface area contributed by atoms with E-state index >= 15 is 0 Å². The van der Waals surface area contributed by atoms with Gasteiger partial charge in [0.25, 0.3) is 0 Å². The quantitative estimate of drug-likeness (QED) is 0.302. The maximum absolute atomic E-state index is 11.1. The zero-order valence-electron chi connectivity index (χ0n) is 9.77. The van der Waals surface area contributed by atoms with E-state index in [1.807, 2.05) is 0 Å². The molecule has 0 amide bonds. The molecule has 0 aromatic heterocycles. The number of hydrogen-bond donors (Lipinski definition) is 0. The SMILES string of the molecule is C=C1C(=O)ON=C1C1CCC(C(=O)[O-])CC1.[K+]. The van der Waals surface area contributed by atoms with Crippen molar-refractivity contribution in [2.24, 2.45) is 17.0 Å². The van der Waals surface area contributed by atoms with Gasteiger partial charge in [0.1, 0.15) is 0 Å². The molecule has 1 aliphatic heterocycles.